The average molecular weight is 290 g/mol. The quantitative estimate of drug-likeness (QED) is 0.903. The molecule has 0 unspecified atom stereocenters. The molecule has 1 atom stereocenters. The zero-order valence-corrected chi connectivity index (χ0v) is 13.6. The molecule has 1 aromatic rings. The first-order valence-corrected chi connectivity index (χ1v) is 7.63. The molecule has 1 aromatic carbocycles. The third-order valence-corrected chi connectivity index (χ3v) is 4.10. The number of nitrogens with one attached hydrogen (secondary N) is 1. The van der Waals surface area contributed by atoms with E-state index in [1.54, 1.807) is 0 Å². The normalized spacial score (nSPS) is 16.8. The van der Waals surface area contributed by atoms with Crippen LogP contribution in [0.1, 0.15) is 25.0 Å². The number of hydrogen-bond donors (Lipinski definition) is 1. The molecule has 1 amide bonds. The van der Waals surface area contributed by atoms with Crippen LogP contribution < -0.4 is 10.1 Å². The van der Waals surface area contributed by atoms with Gasteiger partial charge in [-0.05, 0) is 37.9 Å². The zero-order chi connectivity index (χ0) is 15.6. The van der Waals surface area contributed by atoms with Gasteiger partial charge in [0.25, 0.3) is 0 Å². The van der Waals surface area contributed by atoms with Gasteiger partial charge in [-0.3, -0.25) is 4.79 Å². The summed E-state index contributed by atoms with van der Waals surface area (Å²) in [6, 6.07) is 6.04. The van der Waals surface area contributed by atoms with Crippen molar-refractivity contribution in [3.8, 4) is 5.75 Å². The monoisotopic (exact) mass is 290 g/mol. The maximum atomic E-state index is 12.3. The number of carbonyl (C=O) groups is 1. The average Bonchev–Trinajstić information content (AvgIpc) is 2.36. The lowest BCUT2D eigenvalue weighted by molar-refractivity contribution is -0.143. The second-order valence-corrected chi connectivity index (χ2v) is 6.21. The van der Waals surface area contributed by atoms with E-state index in [4.69, 9.17) is 4.74 Å². The lowest BCUT2D eigenvalue weighted by Crippen LogP contribution is -2.61. The Morgan fingerprint density at radius 2 is 1.86 bits per heavy atom. The summed E-state index contributed by atoms with van der Waals surface area (Å²) >= 11 is 0. The molecular weight excluding hydrogens is 264 g/mol. The van der Waals surface area contributed by atoms with Crippen molar-refractivity contribution in [3.63, 3.8) is 0 Å². The van der Waals surface area contributed by atoms with Crippen molar-refractivity contribution in [1.29, 1.82) is 0 Å². The van der Waals surface area contributed by atoms with Crippen molar-refractivity contribution in [1.82, 2.24) is 10.2 Å². The molecule has 0 radical (unpaired) electrons. The highest BCUT2D eigenvalue weighted by molar-refractivity contribution is 5.83. The van der Waals surface area contributed by atoms with Crippen LogP contribution in [0.5, 0.6) is 5.75 Å². The smallest absolute Gasteiger partial charge is 0.240 e. The van der Waals surface area contributed by atoms with Crippen molar-refractivity contribution >= 4 is 5.91 Å². The van der Waals surface area contributed by atoms with E-state index in [0.717, 1.165) is 16.9 Å². The fourth-order valence-electron chi connectivity index (χ4n) is 2.78. The van der Waals surface area contributed by atoms with Crippen LogP contribution in [0, 0.1) is 19.8 Å². The van der Waals surface area contributed by atoms with E-state index < -0.39 is 0 Å². The highest BCUT2D eigenvalue weighted by atomic mass is 16.5. The summed E-state index contributed by atoms with van der Waals surface area (Å²) in [7, 11) is 1.84. The highest BCUT2D eigenvalue weighted by Crippen LogP contribution is 2.26. The summed E-state index contributed by atoms with van der Waals surface area (Å²) in [5, 5.41) is 3.10. The van der Waals surface area contributed by atoms with Crippen molar-refractivity contribution in [2.75, 3.05) is 20.1 Å². The summed E-state index contributed by atoms with van der Waals surface area (Å²) in [6.07, 6.45) is 0.110. The van der Waals surface area contributed by atoms with Gasteiger partial charge in [0.15, 0.2) is 0 Å². The Morgan fingerprint density at radius 1 is 1.29 bits per heavy atom. The van der Waals surface area contributed by atoms with Crippen LogP contribution in [0.3, 0.4) is 0 Å². The number of likely N-dealkylation sites (N-methyl/N-ethyl adjacent to an activating group) is 1. The maximum absolute atomic E-state index is 12.3. The minimum atomic E-state index is -0.105. The first-order chi connectivity index (χ1) is 9.93. The minimum Gasteiger partial charge on any atom is -0.486 e. The molecule has 4 heteroatoms. The topological polar surface area (TPSA) is 41.6 Å². The van der Waals surface area contributed by atoms with Crippen molar-refractivity contribution < 1.29 is 9.53 Å². The Balaban J connectivity index is 1.91. The molecule has 0 bridgehead atoms. The molecule has 1 saturated heterocycles. The zero-order valence-electron chi connectivity index (χ0n) is 13.6. The van der Waals surface area contributed by atoms with Gasteiger partial charge in [-0.1, -0.05) is 32.0 Å². The number of rotatable bonds is 5. The standard InChI is InChI=1S/C17H26N2O2/c1-11(2)15(18-5)17(20)19-9-14(10-19)21-16-12(3)7-6-8-13(16)4/h6-8,11,14-15,18H,9-10H2,1-5H3/t15-/m0/s1. The number of amides is 1. The molecule has 1 heterocycles. The molecule has 1 N–H and O–H groups in total. The van der Waals surface area contributed by atoms with Crippen LogP contribution in [-0.2, 0) is 4.79 Å². The molecular formula is C17H26N2O2. The molecule has 0 aromatic heterocycles. The van der Waals surface area contributed by atoms with Gasteiger partial charge in [0.1, 0.15) is 11.9 Å². The Kier molecular flexibility index (Phi) is 4.88. The number of likely N-dealkylation sites (tertiary alicyclic amines) is 1. The van der Waals surface area contributed by atoms with Gasteiger partial charge in [-0.15, -0.1) is 0 Å². The highest BCUT2D eigenvalue weighted by Gasteiger charge is 2.36. The fourth-order valence-corrected chi connectivity index (χ4v) is 2.78. The predicted molar refractivity (Wildman–Crippen MR) is 84.6 cm³/mol. The van der Waals surface area contributed by atoms with Crippen LogP contribution in [-0.4, -0.2) is 43.1 Å². The fraction of sp³-hybridized carbons (Fsp3) is 0.588. The number of aryl methyl sites for hydroxylation is 2. The molecule has 0 saturated carbocycles. The van der Waals surface area contributed by atoms with Gasteiger partial charge in [0, 0.05) is 0 Å². The minimum absolute atomic E-state index is 0.105. The summed E-state index contributed by atoms with van der Waals surface area (Å²) in [5.74, 6) is 1.43. The van der Waals surface area contributed by atoms with Gasteiger partial charge in [-0.2, -0.15) is 0 Å². The molecule has 1 fully saturated rings. The van der Waals surface area contributed by atoms with Gasteiger partial charge >= 0.3 is 0 Å². The van der Waals surface area contributed by atoms with E-state index in [0.29, 0.717) is 19.0 Å². The molecule has 21 heavy (non-hydrogen) atoms. The Hall–Kier alpha value is -1.55. The third-order valence-electron chi connectivity index (χ3n) is 4.10. The maximum Gasteiger partial charge on any atom is 0.240 e. The Labute approximate surface area is 127 Å². The Morgan fingerprint density at radius 3 is 2.33 bits per heavy atom. The summed E-state index contributed by atoms with van der Waals surface area (Å²) in [5.41, 5.74) is 2.30. The number of nitrogens with zero attached hydrogens (tertiary/aromatic N) is 1. The summed E-state index contributed by atoms with van der Waals surface area (Å²) in [4.78, 5) is 14.2. The van der Waals surface area contributed by atoms with Crippen LogP contribution in [0.25, 0.3) is 0 Å². The molecule has 0 aliphatic carbocycles. The third kappa shape index (κ3) is 3.38. The van der Waals surface area contributed by atoms with Crippen LogP contribution in [0.2, 0.25) is 0 Å². The van der Waals surface area contributed by atoms with Gasteiger partial charge < -0.3 is 15.0 Å². The number of ether oxygens (including phenoxy) is 1. The predicted octanol–water partition coefficient (Wildman–Crippen LogP) is 2.14. The van der Waals surface area contributed by atoms with E-state index in [-0.39, 0.29) is 18.1 Å². The lowest BCUT2D eigenvalue weighted by Gasteiger charge is -2.41. The number of carbonyl (C=O) groups excluding carboxylic acids is 1. The van der Waals surface area contributed by atoms with Crippen molar-refractivity contribution in [3.05, 3.63) is 29.3 Å². The van der Waals surface area contributed by atoms with Crippen LogP contribution in [0.4, 0.5) is 0 Å². The molecule has 1 aliphatic heterocycles. The van der Waals surface area contributed by atoms with E-state index >= 15 is 0 Å². The summed E-state index contributed by atoms with van der Waals surface area (Å²) < 4.78 is 6.05. The molecule has 116 valence electrons. The van der Waals surface area contributed by atoms with Gasteiger partial charge in [0.05, 0.1) is 19.1 Å². The second-order valence-electron chi connectivity index (χ2n) is 6.21. The SMILES string of the molecule is CN[C@H](C(=O)N1CC(Oc2c(C)cccc2C)C1)C(C)C. The largest absolute Gasteiger partial charge is 0.486 e. The molecule has 1 aliphatic rings. The van der Waals surface area contributed by atoms with E-state index in [9.17, 15) is 4.79 Å². The number of hydrogen-bond acceptors (Lipinski definition) is 3. The first-order valence-electron chi connectivity index (χ1n) is 7.63. The number of benzene rings is 1. The molecule has 0 spiro atoms. The summed E-state index contributed by atoms with van der Waals surface area (Å²) in [6.45, 7) is 9.58. The lowest BCUT2D eigenvalue weighted by atomic mass is 10.0. The van der Waals surface area contributed by atoms with E-state index in [2.05, 4.69) is 45.1 Å². The molecule has 4 nitrogen and oxygen atoms in total. The van der Waals surface area contributed by atoms with Crippen LogP contribution >= 0.6 is 0 Å². The van der Waals surface area contributed by atoms with Crippen molar-refractivity contribution in [2.24, 2.45) is 5.92 Å². The number of para-hydroxylation sites is 1. The second kappa shape index (κ2) is 6.48. The van der Waals surface area contributed by atoms with E-state index in [1.165, 1.54) is 0 Å². The van der Waals surface area contributed by atoms with Gasteiger partial charge in [-0.25, -0.2) is 0 Å². The first kappa shape index (κ1) is 15.8. The van der Waals surface area contributed by atoms with Gasteiger partial charge in [0.2, 0.25) is 5.91 Å². The Bertz CT molecular complexity index is 487. The van der Waals surface area contributed by atoms with Crippen molar-refractivity contribution in [2.45, 2.75) is 39.8 Å². The molecule has 2 rings (SSSR count). The van der Waals surface area contributed by atoms with Crippen LogP contribution in [0.15, 0.2) is 18.2 Å². The van der Waals surface area contributed by atoms with E-state index in [1.807, 2.05) is 18.0 Å².